The first kappa shape index (κ1) is 23.6. The zero-order chi connectivity index (χ0) is 21.7. The van der Waals surface area contributed by atoms with Crippen molar-refractivity contribution in [1.82, 2.24) is 25.6 Å². The number of H-pyrrole nitrogens is 1. The first-order valence-electron chi connectivity index (χ1n) is 8.92. The minimum absolute atomic E-state index is 0. The van der Waals surface area contributed by atoms with Gasteiger partial charge >= 0.3 is 5.97 Å². The third kappa shape index (κ3) is 5.27. The summed E-state index contributed by atoms with van der Waals surface area (Å²) in [4.78, 5) is 45.7. The Bertz CT molecular complexity index is 1120. The Morgan fingerprint density at radius 1 is 1.26 bits per heavy atom. The molecule has 164 valence electrons. The summed E-state index contributed by atoms with van der Waals surface area (Å²) in [5.41, 5.74) is 1.71. The Labute approximate surface area is 183 Å². The number of halogens is 1. The molecule has 0 radical (unpaired) electrons. The molecule has 0 saturated carbocycles. The summed E-state index contributed by atoms with van der Waals surface area (Å²) < 4.78 is 5.29. The summed E-state index contributed by atoms with van der Waals surface area (Å²) in [5, 5.41) is 17.3. The van der Waals surface area contributed by atoms with E-state index < -0.39 is 11.9 Å². The van der Waals surface area contributed by atoms with E-state index in [2.05, 4.69) is 30.9 Å². The van der Waals surface area contributed by atoms with Crippen LogP contribution in [0.3, 0.4) is 0 Å². The molecule has 3 aromatic rings. The molecule has 4 rings (SSSR count). The SMILES string of the molecule is CNC.Cl.O=C1COc2ccc(CNC(=O)c3ncnc4c(C(=O)O)c[nH]c34)cc2N1. The van der Waals surface area contributed by atoms with Crippen LogP contribution in [0.25, 0.3) is 11.0 Å². The lowest BCUT2D eigenvalue weighted by molar-refractivity contribution is -0.118. The van der Waals surface area contributed by atoms with E-state index in [1.807, 2.05) is 14.1 Å². The number of rotatable bonds is 4. The van der Waals surface area contributed by atoms with E-state index in [1.165, 1.54) is 6.20 Å². The van der Waals surface area contributed by atoms with Crippen LogP contribution in [0.15, 0.2) is 30.7 Å². The van der Waals surface area contributed by atoms with Crippen LogP contribution in [0.1, 0.15) is 26.4 Å². The van der Waals surface area contributed by atoms with E-state index in [1.54, 1.807) is 18.2 Å². The second-order valence-corrected chi connectivity index (χ2v) is 6.30. The average Bonchev–Trinajstić information content (AvgIpc) is 3.17. The van der Waals surface area contributed by atoms with Gasteiger partial charge in [-0.1, -0.05) is 6.07 Å². The van der Waals surface area contributed by atoms with Crippen molar-refractivity contribution in [3.05, 3.63) is 47.5 Å². The van der Waals surface area contributed by atoms with E-state index in [9.17, 15) is 14.4 Å². The molecule has 1 aromatic carbocycles. The third-order valence-electron chi connectivity index (χ3n) is 4.04. The molecule has 2 amide bonds. The highest BCUT2D eigenvalue weighted by Gasteiger charge is 2.19. The monoisotopic (exact) mass is 448 g/mol. The van der Waals surface area contributed by atoms with Crippen LogP contribution in [0, 0.1) is 0 Å². The Morgan fingerprint density at radius 2 is 2.00 bits per heavy atom. The molecule has 12 heteroatoms. The van der Waals surface area contributed by atoms with Crippen LogP contribution < -0.4 is 20.7 Å². The fourth-order valence-electron chi connectivity index (χ4n) is 2.78. The summed E-state index contributed by atoms with van der Waals surface area (Å²) >= 11 is 0. The highest BCUT2D eigenvalue weighted by atomic mass is 35.5. The second kappa shape index (κ2) is 10.4. The molecule has 0 unspecified atom stereocenters. The van der Waals surface area contributed by atoms with Crippen LogP contribution in [-0.2, 0) is 11.3 Å². The van der Waals surface area contributed by atoms with Crippen molar-refractivity contribution < 1.29 is 24.2 Å². The number of carboxylic acids is 1. The maximum absolute atomic E-state index is 12.5. The molecule has 1 aliphatic heterocycles. The third-order valence-corrected chi connectivity index (χ3v) is 4.04. The summed E-state index contributed by atoms with van der Waals surface area (Å²) in [6.45, 7) is 0.154. The number of aromatic nitrogens is 3. The van der Waals surface area contributed by atoms with Gasteiger partial charge in [0.2, 0.25) is 0 Å². The summed E-state index contributed by atoms with van der Waals surface area (Å²) in [6, 6.07) is 5.19. The van der Waals surface area contributed by atoms with Gasteiger partial charge < -0.3 is 30.8 Å². The van der Waals surface area contributed by atoms with Gasteiger partial charge in [-0.25, -0.2) is 14.8 Å². The van der Waals surface area contributed by atoms with Crippen molar-refractivity contribution in [2.45, 2.75) is 6.54 Å². The molecule has 3 heterocycles. The molecular formula is C19H21ClN6O5. The number of carbonyl (C=O) groups is 3. The van der Waals surface area contributed by atoms with Gasteiger partial charge in [0.05, 0.1) is 11.2 Å². The van der Waals surface area contributed by atoms with Crippen LogP contribution in [0.2, 0.25) is 0 Å². The molecule has 0 spiro atoms. The lowest BCUT2D eigenvalue weighted by Crippen LogP contribution is -2.26. The van der Waals surface area contributed by atoms with Gasteiger partial charge in [-0.05, 0) is 31.8 Å². The lowest BCUT2D eigenvalue weighted by Gasteiger charge is -2.18. The first-order chi connectivity index (χ1) is 14.4. The topological polar surface area (TPSA) is 158 Å². The zero-order valence-electron chi connectivity index (χ0n) is 16.7. The number of hydrogen-bond acceptors (Lipinski definition) is 7. The van der Waals surface area contributed by atoms with Gasteiger partial charge in [0.1, 0.15) is 23.2 Å². The molecule has 1 aliphatic rings. The molecule has 0 fully saturated rings. The van der Waals surface area contributed by atoms with Gasteiger partial charge in [-0.15, -0.1) is 12.4 Å². The number of amides is 2. The Morgan fingerprint density at radius 3 is 2.71 bits per heavy atom. The van der Waals surface area contributed by atoms with Gasteiger partial charge in [-0.3, -0.25) is 9.59 Å². The van der Waals surface area contributed by atoms with Crippen LogP contribution >= 0.6 is 12.4 Å². The number of fused-ring (bicyclic) bond motifs is 2. The molecule has 31 heavy (non-hydrogen) atoms. The molecule has 0 aliphatic carbocycles. The number of nitrogens with one attached hydrogen (secondary N) is 4. The molecule has 0 bridgehead atoms. The quantitative estimate of drug-likeness (QED) is 0.398. The molecule has 0 atom stereocenters. The minimum Gasteiger partial charge on any atom is -0.482 e. The number of aromatic carboxylic acids is 1. The van der Waals surface area contributed by atoms with Crippen molar-refractivity contribution in [1.29, 1.82) is 0 Å². The van der Waals surface area contributed by atoms with Crippen molar-refractivity contribution >= 4 is 46.9 Å². The van der Waals surface area contributed by atoms with E-state index >= 15 is 0 Å². The zero-order valence-corrected chi connectivity index (χ0v) is 17.5. The fraction of sp³-hybridized carbons (Fsp3) is 0.211. The number of hydrogen-bond donors (Lipinski definition) is 5. The summed E-state index contributed by atoms with van der Waals surface area (Å²) in [7, 11) is 3.75. The van der Waals surface area contributed by atoms with E-state index in [0.29, 0.717) is 11.4 Å². The van der Waals surface area contributed by atoms with Crippen LogP contribution in [0.4, 0.5) is 5.69 Å². The summed E-state index contributed by atoms with van der Waals surface area (Å²) in [5.74, 6) is -1.31. The number of aromatic amines is 1. The highest BCUT2D eigenvalue weighted by molar-refractivity contribution is 6.08. The number of carbonyl (C=O) groups excluding carboxylic acids is 2. The smallest absolute Gasteiger partial charge is 0.339 e. The number of carboxylic acid groups (broad SMARTS) is 1. The standard InChI is InChI=1S/C17H13N5O5.C2H7N.ClH/c23-12-6-27-11-2-1-8(3-10(11)22-12)4-19-16(24)15-14-13(20-7-21-15)9(5-18-14)17(25)26;1-3-2;/h1-3,5,7,18H,4,6H2,(H,19,24)(H,22,23)(H,25,26);3H,1-2H3;1H. The number of anilines is 1. The molecule has 5 N–H and O–H groups in total. The first-order valence-corrected chi connectivity index (χ1v) is 8.92. The Balaban J connectivity index is 0.000000808. The van der Waals surface area contributed by atoms with E-state index in [4.69, 9.17) is 9.84 Å². The number of nitrogens with zero attached hydrogens (tertiary/aromatic N) is 2. The molecule has 0 saturated heterocycles. The van der Waals surface area contributed by atoms with Crippen molar-refractivity contribution in [2.75, 3.05) is 26.0 Å². The van der Waals surface area contributed by atoms with Crippen LogP contribution in [-0.4, -0.2) is 58.5 Å². The maximum Gasteiger partial charge on any atom is 0.339 e. The highest BCUT2D eigenvalue weighted by Crippen LogP contribution is 2.28. The van der Waals surface area contributed by atoms with Gasteiger partial charge in [0.15, 0.2) is 12.3 Å². The fourth-order valence-corrected chi connectivity index (χ4v) is 2.78. The van der Waals surface area contributed by atoms with Gasteiger partial charge in [-0.2, -0.15) is 0 Å². The average molecular weight is 449 g/mol. The summed E-state index contributed by atoms with van der Waals surface area (Å²) in [6.07, 6.45) is 2.41. The normalized spacial score (nSPS) is 11.7. The number of benzene rings is 1. The lowest BCUT2D eigenvalue weighted by atomic mass is 10.1. The van der Waals surface area contributed by atoms with Crippen molar-refractivity contribution in [3.8, 4) is 5.75 Å². The predicted octanol–water partition coefficient (Wildman–Crippen LogP) is 1.17. The van der Waals surface area contributed by atoms with E-state index in [-0.39, 0.29) is 53.8 Å². The van der Waals surface area contributed by atoms with Crippen LogP contribution in [0.5, 0.6) is 5.75 Å². The van der Waals surface area contributed by atoms with Crippen molar-refractivity contribution in [2.24, 2.45) is 0 Å². The minimum atomic E-state index is -1.15. The molecule has 2 aromatic heterocycles. The Hall–Kier alpha value is -3.70. The number of ether oxygens (including phenoxy) is 1. The largest absolute Gasteiger partial charge is 0.482 e. The van der Waals surface area contributed by atoms with Crippen molar-refractivity contribution in [3.63, 3.8) is 0 Å². The molecular weight excluding hydrogens is 428 g/mol. The van der Waals surface area contributed by atoms with Gasteiger partial charge in [0, 0.05) is 12.7 Å². The molecule has 11 nitrogen and oxygen atoms in total. The second-order valence-electron chi connectivity index (χ2n) is 6.30. The maximum atomic E-state index is 12.5. The Kier molecular flexibility index (Phi) is 7.88. The van der Waals surface area contributed by atoms with E-state index in [0.717, 1.165) is 11.9 Å². The predicted molar refractivity (Wildman–Crippen MR) is 115 cm³/mol. The van der Waals surface area contributed by atoms with Gasteiger partial charge in [0.25, 0.3) is 11.8 Å².